The number of H-pyrrole nitrogens is 1. The van der Waals surface area contributed by atoms with E-state index in [0.717, 1.165) is 4.57 Å². The van der Waals surface area contributed by atoms with E-state index in [9.17, 15) is 14.5 Å². The molecule has 1 aromatic rings. The Kier molecular flexibility index (Phi) is 3.03. The van der Waals surface area contributed by atoms with Crippen LogP contribution in [0, 0.1) is 4.91 Å². The highest BCUT2D eigenvalue weighted by atomic mass is 16.3. The third kappa shape index (κ3) is 2.12. The minimum Gasteiger partial charge on any atom is -0.367 e. The van der Waals surface area contributed by atoms with Gasteiger partial charge in [0.1, 0.15) is 5.82 Å². The van der Waals surface area contributed by atoms with E-state index < -0.39 is 11.2 Å². The van der Waals surface area contributed by atoms with Crippen LogP contribution in [0.3, 0.4) is 0 Å². The summed E-state index contributed by atoms with van der Waals surface area (Å²) in [6.45, 7) is 3.64. The molecule has 0 aliphatic carbocycles. The lowest BCUT2D eigenvalue weighted by atomic mass is 10.3. The standard InChI is InChI=1S/C8H12N4O3/c1-4(2)9-6-5(11-15)7(13)10-8(14)12(6)3/h4,9H,1-3H3,(H,10,13,14). The monoisotopic (exact) mass is 212 g/mol. The average molecular weight is 212 g/mol. The zero-order valence-electron chi connectivity index (χ0n) is 8.70. The Labute approximate surface area is 85.1 Å². The van der Waals surface area contributed by atoms with Crippen molar-refractivity contribution in [2.24, 2.45) is 12.2 Å². The van der Waals surface area contributed by atoms with Crippen molar-refractivity contribution in [1.29, 1.82) is 0 Å². The molecule has 15 heavy (non-hydrogen) atoms. The van der Waals surface area contributed by atoms with Crippen LogP contribution in [0.4, 0.5) is 11.5 Å². The van der Waals surface area contributed by atoms with Gasteiger partial charge in [0.25, 0.3) is 5.56 Å². The molecule has 1 rings (SSSR count). The summed E-state index contributed by atoms with van der Waals surface area (Å²) in [5, 5.41) is 5.43. The van der Waals surface area contributed by atoms with Gasteiger partial charge in [-0.3, -0.25) is 14.3 Å². The number of hydrogen-bond acceptors (Lipinski definition) is 5. The Bertz CT molecular complexity index is 486. The minimum atomic E-state index is -0.781. The number of nitrogens with zero attached hydrogens (tertiary/aromatic N) is 2. The molecule has 7 nitrogen and oxygen atoms in total. The third-order valence-electron chi connectivity index (χ3n) is 1.82. The smallest absolute Gasteiger partial charge is 0.329 e. The molecule has 0 unspecified atom stereocenters. The first-order valence-corrected chi connectivity index (χ1v) is 4.40. The normalized spacial score (nSPS) is 10.4. The van der Waals surface area contributed by atoms with E-state index in [1.54, 1.807) is 0 Å². The molecular weight excluding hydrogens is 200 g/mol. The molecule has 1 aromatic heterocycles. The van der Waals surface area contributed by atoms with E-state index >= 15 is 0 Å². The number of nitroso groups, excluding NO2 is 1. The van der Waals surface area contributed by atoms with Crippen LogP contribution in [0.25, 0.3) is 0 Å². The van der Waals surface area contributed by atoms with Crippen LogP contribution in [-0.4, -0.2) is 15.6 Å². The van der Waals surface area contributed by atoms with Gasteiger partial charge in [0, 0.05) is 13.1 Å². The van der Waals surface area contributed by atoms with Crippen LogP contribution >= 0.6 is 0 Å². The van der Waals surface area contributed by atoms with Gasteiger partial charge < -0.3 is 5.32 Å². The van der Waals surface area contributed by atoms with E-state index in [1.807, 2.05) is 18.8 Å². The molecule has 0 fully saturated rings. The first-order valence-electron chi connectivity index (χ1n) is 4.40. The van der Waals surface area contributed by atoms with Crippen molar-refractivity contribution in [1.82, 2.24) is 9.55 Å². The molecule has 0 radical (unpaired) electrons. The molecular formula is C8H12N4O3. The zero-order chi connectivity index (χ0) is 11.6. The Morgan fingerprint density at radius 1 is 1.40 bits per heavy atom. The van der Waals surface area contributed by atoms with E-state index in [0.29, 0.717) is 0 Å². The largest absolute Gasteiger partial charge is 0.367 e. The third-order valence-corrected chi connectivity index (χ3v) is 1.82. The van der Waals surface area contributed by atoms with Crippen molar-refractivity contribution >= 4 is 11.5 Å². The molecule has 82 valence electrons. The van der Waals surface area contributed by atoms with Crippen LogP contribution in [0.2, 0.25) is 0 Å². The number of aromatic amines is 1. The Balaban J connectivity index is 3.51. The Morgan fingerprint density at radius 3 is 2.47 bits per heavy atom. The predicted octanol–water partition coefficient (Wildman–Crippen LogP) is 0.292. The average Bonchev–Trinajstić information content (AvgIpc) is 2.13. The number of hydrogen-bond donors (Lipinski definition) is 2. The van der Waals surface area contributed by atoms with Gasteiger partial charge in [-0.25, -0.2) is 4.79 Å². The number of aromatic nitrogens is 2. The maximum Gasteiger partial charge on any atom is 0.329 e. The summed E-state index contributed by atoms with van der Waals surface area (Å²) in [5.74, 6) is 0.133. The molecule has 2 N–H and O–H groups in total. The minimum absolute atomic E-state index is 0.0158. The van der Waals surface area contributed by atoms with Crippen LogP contribution in [0.1, 0.15) is 13.8 Å². The molecule has 0 saturated heterocycles. The second-order valence-corrected chi connectivity index (χ2v) is 3.41. The summed E-state index contributed by atoms with van der Waals surface area (Å²) in [6, 6.07) is -0.0158. The van der Waals surface area contributed by atoms with Gasteiger partial charge >= 0.3 is 5.69 Å². The summed E-state index contributed by atoms with van der Waals surface area (Å²) < 4.78 is 1.14. The maximum atomic E-state index is 11.2. The van der Waals surface area contributed by atoms with Gasteiger partial charge in [-0.15, -0.1) is 4.91 Å². The molecule has 0 amide bonds. The van der Waals surface area contributed by atoms with Crippen molar-refractivity contribution in [3.05, 3.63) is 25.7 Å². The first-order chi connectivity index (χ1) is 6.97. The van der Waals surface area contributed by atoms with Gasteiger partial charge in [-0.05, 0) is 19.0 Å². The molecule has 1 heterocycles. The summed E-state index contributed by atoms with van der Waals surface area (Å²) >= 11 is 0. The summed E-state index contributed by atoms with van der Waals surface area (Å²) in [4.78, 5) is 34.9. The fourth-order valence-electron chi connectivity index (χ4n) is 1.13. The SMILES string of the molecule is CC(C)Nc1c(N=O)c(=O)[nH]c(=O)n1C. The van der Waals surface area contributed by atoms with Gasteiger partial charge in [0.05, 0.1) is 0 Å². The molecule has 0 saturated carbocycles. The lowest BCUT2D eigenvalue weighted by molar-refractivity contribution is 0.776. The topological polar surface area (TPSA) is 96.3 Å². The fourth-order valence-corrected chi connectivity index (χ4v) is 1.13. The van der Waals surface area contributed by atoms with Crippen molar-refractivity contribution in [2.75, 3.05) is 5.32 Å². The fraction of sp³-hybridized carbons (Fsp3) is 0.500. The number of nitrogens with one attached hydrogen (secondary N) is 2. The highest BCUT2D eigenvalue weighted by molar-refractivity contribution is 5.59. The first kappa shape index (κ1) is 11.2. The second-order valence-electron chi connectivity index (χ2n) is 3.41. The molecule has 0 aliphatic rings. The molecule has 0 atom stereocenters. The lowest BCUT2D eigenvalue weighted by Gasteiger charge is -2.13. The molecule has 7 heteroatoms. The van der Waals surface area contributed by atoms with Crippen LogP contribution in [-0.2, 0) is 7.05 Å². The van der Waals surface area contributed by atoms with E-state index in [-0.39, 0.29) is 17.5 Å². The quantitative estimate of drug-likeness (QED) is 0.704. The molecule has 0 aliphatic heterocycles. The zero-order valence-corrected chi connectivity index (χ0v) is 8.70. The van der Waals surface area contributed by atoms with Crippen LogP contribution in [0.5, 0.6) is 0 Å². The summed E-state index contributed by atoms with van der Waals surface area (Å²) in [6.07, 6.45) is 0. The van der Waals surface area contributed by atoms with Crippen molar-refractivity contribution < 1.29 is 0 Å². The van der Waals surface area contributed by atoms with Gasteiger partial charge in [0.2, 0.25) is 5.69 Å². The van der Waals surface area contributed by atoms with E-state index in [4.69, 9.17) is 0 Å². The highest BCUT2D eigenvalue weighted by Crippen LogP contribution is 2.17. The second kappa shape index (κ2) is 4.07. The van der Waals surface area contributed by atoms with Crippen LogP contribution < -0.4 is 16.6 Å². The number of rotatable bonds is 3. The van der Waals surface area contributed by atoms with Crippen molar-refractivity contribution in [2.45, 2.75) is 19.9 Å². The molecule has 0 spiro atoms. The summed E-state index contributed by atoms with van der Waals surface area (Å²) in [7, 11) is 1.44. The van der Waals surface area contributed by atoms with Gasteiger partial charge in [0.15, 0.2) is 0 Å². The Morgan fingerprint density at radius 2 is 2.00 bits per heavy atom. The molecule has 0 aromatic carbocycles. The number of anilines is 1. The van der Waals surface area contributed by atoms with E-state index in [1.165, 1.54) is 7.05 Å². The molecule has 0 bridgehead atoms. The van der Waals surface area contributed by atoms with Crippen molar-refractivity contribution in [3.8, 4) is 0 Å². The summed E-state index contributed by atoms with van der Waals surface area (Å²) in [5.41, 5.74) is -1.68. The highest BCUT2D eigenvalue weighted by Gasteiger charge is 2.13. The lowest BCUT2D eigenvalue weighted by Crippen LogP contribution is -2.31. The maximum absolute atomic E-state index is 11.2. The van der Waals surface area contributed by atoms with Gasteiger partial charge in [-0.2, -0.15) is 0 Å². The van der Waals surface area contributed by atoms with E-state index in [2.05, 4.69) is 10.5 Å². The van der Waals surface area contributed by atoms with Crippen molar-refractivity contribution in [3.63, 3.8) is 0 Å². The van der Waals surface area contributed by atoms with Crippen LogP contribution in [0.15, 0.2) is 14.8 Å². The Hall–Kier alpha value is -1.92. The van der Waals surface area contributed by atoms with Gasteiger partial charge in [-0.1, -0.05) is 0 Å². The predicted molar refractivity (Wildman–Crippen MR) is 56.5 cm³/mol.